The Balaban J connectivity index is 2.30. The number of nitrogens with two attached hydrogens (primary N) is 1. The number of anilines is 2. The average molecular weight is 193 g/mol. The Hall–Kier alpha value is -1.78. The van der Waals surface area contributed by atoms with Crippen LogP contribution in [0.5, 0.6) is 0 Å². The van der Waals surface area contributed by atoms with Crippen LogP contribution in [-0.2, 0) is 0 Å². The summed E-state index contributed by atoms with van der Waals surface area (Å²) in [5.41, 5.74) is 6.27. The maximum Gasteiger partial charge on any atom is 0.337 e. The molecule has 0 spiro atoms. The fourth-order valence-electron chi connectivity index (χ4n) is 1.38. The van der Waals surface area contributed by atoms with Crippen molar-refractivity contribution in [3.8, 4) is 0 Å². The predicted octanol–water partition coefficient (Wildman–Crippen LogP) is 0.572. The minimum atomic E-state index is -1.00. The molecule has 1 aliphatic heterocycles. The number of rotatable bonds is 2. The molecule has 1 aliphatic rings. The molecule has 5 nitrogen and oxygen atoms in total. The molecule has 1 aromatic heterocycles. The number of aromatic nitrogens is 1. The molecule has 0 aromatic carbocycles. The molecule has 0 unspecified atom stereocenters. The van der Waals surface area contributed by atoms with E-state index in [1.54, 1.807) is 0 Å². The molecule has 0 amide bonds. The zero-order chi connectivity index (χ0) is 10.1. The maximum absolute atomic E-state index is 10.6. The smallest absolute Gasteiger partial charge is 0.337 e. The SMILES string of the molecule is Nc1cc(C(=O)O)cnc1N1CCC1. The van der Waals surface area contributed by atoms with Gasteiger partial charge in [-0.3, -0.25) is 0 Å². The summed E-state index contributed by atoms with van der Waals surface area (Å²) in [6.07, 6.45) is 2.48. The number of pyridine rings is 1. The molecule has 5 heteroatoms. The van der Waals surface area contributed by atoms with Crippen molar-refractivity contribution >= 4 is 17.5 Å². The predicted molar refractivity (Wildman–Crippen MR) is 52.4 cm³/mol. The van der Waals surface area contributed by atoms with Gasteiger partial charge in [-0.1, -0.05) is 0 Å². The number of hydrogen-bond acceptors (Lipinski definition) is 4. The van der Waals surface area contributed by atoms with Crippen molar-refractivity contribution in [1.82, 2.24) is 4.98 Å². The van der Waals surface area contributed by atoms with E-state index in [2.05, 4.69) is 4.98 Å². The van der Waals surface area contributed by atoms with Crippen molar-refractivity contribution in [2.24, 2.45) is 0 Å². The van der Waals surface area contributed by atoms with Gasteiger partial charge < -0.3 is 15.7 Å². The standard InChI is InChI=1S/C9H11N3O2/c10-7-4-6(9(13)14)5-11-8(7)12-2-1-3-12/h4-5H,1-3,10H2,(H,13,14). The van der Waals surface area contributed by atoms with Crippen LogP contribution >= 0.6 is 0 Å². The summed E-state index contributed by atoms with van der Waals surface area (Å²) in [7, 11) is 0. The molecular weight excluding hydrogens is 182 g/mol. The van der Waals surface area contributed by atoms with E-state index in [9.17, 15) is 4.79 Å². The molecule has 1 saturated heterocycles. The van der Waals surface area contributed by atoms with Gasteiger partial charge in [0.1, 0.15) is 0 Å². The van der Waals surface area contributed by atoms with Crippen LogP contribution in [0.1, 0.15) is 16.8 Å². The summed E-state index contributed by atoms with van der Waals surface area (Å²) in [6.45, 7) is 1.90. The lowest BCUT2D eigenvalue weighted by Gasteiger charge is -2.32. The highest BCUT2D eigenvalue weighted by molar-refractivity contribution is 5.89. The summed E-state index contributed by atoms with van der Waals surface area (Å²) in [4.78, 5) is 16.7. The minimum absolute atomic E-state index is 0.131. The van der Waals surface area contributed by atoms with E-state index in [0.717, 1.165) is 19.5 Å². The summed E-state index contributed by atoms with van der Waals surface area (Å²) >= 11 is 0. The lowest BCUT2D eigenvalue weighted by Crippen LogP contribution is -2.38. The summed E-state index contributed by atoms with van der Waals surface area (Å²) in [6, 6.07) is 1.45. The molecule has 1 aromatic rings. The van der Waals surface area contributed by atoms with Crippen molar-refractivity contribution in [2.45, 2.75) is 6.42 Å². The average Bonchev–Trinajstić information content (AvgIpc) is 2.04. The zero-order valence-corrected chi connectivity index (χ0v) is 7.60. The fourth-order valence-corrected chi connectivity index (χ4v) is 1.38. The number of nitrogen functional groups attached to an aromatic ring is 1. The molecule has 0 bridgehead atoms. The van der Waals surface area contributed by atoms with Crippen LogP contribution in [0, 0.1) is 0 Å². The highest BCUT2D eigenvalue weighted by Crippen LogP contribution is 2.24. The third kappa shape index (κ3) is 1.37. The van der Waals surface area contributed by atoms with Gasteiger partial charge in [0, 0.05) is 19.3 Å². The van der Waals surface area contributed by atoms with Crippen molar-refractivity contribution in [3.63, 3.8) is 0 Å². The highest BCUT2D eigenvalue weighted by atomic mass is 16.4. The Labute approximate surface area is 81.2 Å². The lowest BCUT2D eigenvalue weighted by atomic mass is 10.2. The van der Waals surface area contributed by atoms with E-state index >= 15 is 0 Å². The Morgan fingerprint density at radius 2 is 2.29 bits per heavy atom. The molecule has 3 N–H and O–H groups in total. The van der Waals surface area contributed by atoms with Crippen LogP contribution in [0.3, 0.4) is 0 Å². The molecule has 0 radical (unpaired) electrons. The number of hydrogen-bond donors (Lipinski definition) is 2. The van der Waals surface area contributed by atoms with Crippen LogP contribution in [0.4, 0.5) is 11.5 Å². The second-order valence-corrected chi connectivity index (χ2v) is 3.28. The highest BCUT2D eigenvalue weighted by Gasteiger charge is 2.18. The van der Waals surface area contributed by atoms with Gasteiger partial charge in [0.15, 0.2) is 5.82 Å². The number of carbonyl (C=O) groups is 1. The fraction of sp³-hybridized carbons (Fsp3) is 0.333. The monoisotopic (exact) mass is 193 g/mol. The van der Waals surface area contributed by atoms with Gasteiger partial charge in [-0.15, -0.1) is 0 Å². The minimum Gasteiger partial charge on any atom is -0.478 e. The number of nitrogens with zero attached hydrogens (tertiary/aromatic N) is 2. The van der Waals surface area contributed by atoms with Gasteiger partial charge >= 0.3 is 5.97 Å². The quantitative estimate of drug-likeness (QED) is 0.717. The Bertz CT molecular complexity index is 374. The summed E-state index contributed by atoms with van der Waals surface area (Å²) < 4.78 is 0. The maximum atomic E-state index is 10.6. The molecule has 2 heterocycles. The van der Waals surface area contributed by atoms with Crippen molar-refractivity contribution in [2.75, 3.05) is 23.7 Å². The number of carboxylic acid groups (broad SMARTS) is 1. The molecule has 0 aliphatic carbocycles. The van der Waals surface area contributed by atoms with Crippen LogP contribution in [0.15, 0.2) is 12.3 Å². The van der Waals surface area contributed by atoms with Gasteiger partial charge in [-0.2, -0.15) is 0 Å². The van der Waals surface area contributed by atoms with Gasteiger partial charge in [0.05, 0.1) is 11.3 Å². The van der Waals surface area contributed by atoms with E-state index in [0.29, 0.717) is 11.5 Å². The molecular formula is C9H11N3O2. The lowest BCUT2D eigenvalue weighted by molar-refractivity contribution is 0.0696. The number of carboxylic acids is 1. The normalized spacial score (nSPS) is 15.0. The van der Waals surface area contributed by atoms with Gasteiger partial charge in [0.25, 0.3) is 0 Å². The molecule has 14 heavy (non-hydrogen) atoms. The molecule has 1 fully saturated rings. The molecule has 0 saturated carbocycles. The molecule has 2 rings (SSSR count). The third-order valence-electron chi connectivity index (χ3n) is 2.30. The first-order valence-corrected chi connectivity index (χ1v) is 4.42. The van der Waals surface area contributed by atoms with Crippen molar-refractivity contribution < 1.29 is 9.90 Å². The van der Waals surface area contributed by atoms with Gasteiger partial charge in [0.2, 0.25) is 0 Å². The molecule has 74 valence electrons. The number of aromatic carboxylic acids is 1. The van der Waals surface area contributed by atoms with Crippen LogP contribution < -0.4 is 10.6 Å². The van der Waals surface area contributed by atoms with Crippen LogP contribution in [-0.4, -0.2) is 29.1 Å². The Kier molecular flexibility index (Phi) is 1.99. The van der Waals surface area contributed by atoms with E-state index in [-0.39, 0.29) is 5.56 Å². The third-order valence-corrected chi connectivity index (χ3v) is 2.30. The largest absolute Gasteiger partial charge is 0.478 e. The van der Waals surface area contributed by atoms with E-state index in [4.69, 9.17) is 10.8 Å². The zero-order valence-electron chi connectivity index (χ0n) is 7.60. The van der Waals surface area contributed by atoms with Crippen molar-refractivity contribution in [1.29, 1.82) is 0 Å². The molecule has 0 atom stereocenters. The first-order chi connectivity index (χ1) is 6.68. The van der Waals surface area contributed by atoms with Gasteiger partial charge in [-0.25, -0.2) is 9.78 Å². The van der Waals surface area contributed by atoms with E-state index in [1.165, 1.54) is 12.3 Å². The van der Waals surface area contributed by atoms with Crippen molar-refractivity contribution in [3.05, 3.63) is 17.8 Å². The summed E-state index contributed by atoms with van der Waals surface area (Å²) in [5.74, 6) is -0.305. The van der Waals surface area contributed by atoms with Gasteiger partial charge in [-0.05, 0) is 12.5 Å². The second-order valence-electron chi connectivity index (χ2n) is 3.28. The van der Waals surface area contributed by atoms with E-state index in [1.807, 2.05) is 4.90 Å². The topological polar surface area (TPSA) is 79.5 Å². The summed E-state index contributed by atoms with van der Waals surface area (Å²) in [5, 5.41) is 8.70. The van der Waals surface area contributed by atoms with E-state index < -0.39 is 5.97 Å². The first-order valence-electron chi connectivity index (χ1n) is 4.42. The van der Waals surface area contributed by atoms with Crippen LogP contribution in [0.25, 0.3) is 0 Å². The second kappa shape index (κ2) is 3.17. The first kappa shape index (κ1) is 8.80. The van der Waals surface area contributed by atoms with Crippen LogP contribution in [0.2, 0.25) is 0 Å². The Morgan fingerprint density at radius 1 is 1.57 bits per heavy atom. The Morgan fingerprint density at radius 3 is 2.71 bits per heavy atom.